The van der Waals surface area contributed by atoms with Crippen molar-refractivity contribution in [3.8, 4) is 11.4 Å². The first kappa shape index (κ1) is 19.0. The Bertz CT molecular complexity index is 755. The minimum absolute atomic E-state index is 0.133. The summed E-state index contributed by atoms with van der Waals surface area (Å²) in [5.74, 6) is 1.50. The summed E-state index contributed by atoms with van der Waals surface area (Å²) in [6.07, 6.45) is 2.24. The Morgan fingerprint density at radius 1 is 1.12 bits per heavy atom. The number of nitrogens with zero attached hydrogens (tertiary/aromatic N) is 4. The van der Waals surface area contributed by atoms with Crippen molar-refractivity contribution in [2.45, 2.75) is 57.7 Å². The van der Waals surface area contributed by atoms with E-state index in [-0.39, 0.29) is 11.3 Å². The van der Waals surface area contributed by atoms with E-state index in [1.165, 1.54) is 17.3 Å². The van der Waals surface area contributed by atoms with Gasteiger partial charge < -0.3 is 9.47 Å². The molecular weight excluding hydrogens is 344 g/mol. The van der Waals surface area contributed by atoms with Crippen LogP contribution in [0.15, 0.2) is 29.4 Å². The highest BCUT2D eigenvalue weighted by molar-refractivity contribution is 7.99. The zero-order chi connectivity index (χ0) is 18.7. The van der Waals surface area contributed by atoms with Crippen molar-refractivity contribution in [3.05, 3.63) is 29.8 Å². The van der Waals surface area contributed by atoms with E-state index in [0.29, 0.717) is 5.75 Å². The topological polar surface area (TPSA) is 51.0 Å². The molecule has 1 aromatic heterocycles. The van der Waals surface area contributed by atoms with Crippen LogP contribution in [0.2, 0.25) is 0 Å². The second kappa shape index (κ2) is 7.82. The molecule has 0 bridgehead atoms. The van der Waals surface area contributed by atoms with E-state index >= 15 is 0 Å². The molecular formula is C20H28N4OS. The number of benzene rings is 1. The molecule has 5 nitrogen and oxygen atoms in total. The Labute approximate surface area is 160 Å². The minimum atomic E-state index is 0.133. The summed E-state index contributed by atoms with van der Waals surface area (Å²) in [6, 6.07) is 8.54. The Kier molecular flexibility index (Phi) is 5.70. The molecule has 0 aliphatic carbocycles. The van der Waals surface area contributed by atoms with Crippen molar-refractivity contribution in [1.82, 2.24) is 19.7 Å². The fourth-order valence-electron chi connectivity index (χ4n) is 3.20. The van der Waals surface area contributed by atoms with Crippen LogP contribution in [0.1, 0.15) is 46.1 Å². The van der Waals surface area contributed by atoms with Gasteiger partial charge in [0.15, 0.2) is 11.0 Å². The average Bonchev–Trinajstić information content (AvgIpc) is 3.28. The van der Waals surface area contributed by atoms with Gasteiger partial charge in [0.25, 0.3) is 0 Å². The van der Waals surface area contributed by atoms with E-state index in [1.54, 1.807) is 0 Å². The number of amides is 1. The second-order valence-electron chi connectivity index (χ2n) is 7.75. The molecule has 6 heteroatoms. The molecule has 2 aromatic rings. The summed E-state index contributed by atoms with van der Waals surface area (Å²) >= 11 is 1.49. The van der Waals surface area contributed by atoms with Crippen LogP contribution < -0.4 is 0 Å². The smallest absolute Gasteiger partial charge is 0.233 e. The fourth-order valence-corrected chi connectivity index (χ4v) is 4.10. The quantitative estimate of drug-likeness (QED) is 0.745. The Morgan fingerprint density at radius 2 is 1.77 bits per heavy atom. The van der Waals surface area contributed by atoms with E-state index in [2.05, 4.69) is 66.7 Å². The Balaban J connectivity index is 1.74. The van der Waals surface area contributed by atoms with Crippen molar-refractivity contribution < 1.29 is 4.79 Å². The van der Waals surface area contributed by atoms with Gasteiger partial charge in [-0.15, -0.1) is 10.2 Å². The summed E-state index contributed by atoms with van der Waals surface area (Å²) in [5.41, 5.74) is 2.49. The first-order valence-corrected chi connectivity index (χ1v) is 10.3. The van der Waals surface area contributed by atoms with E-state index in [1.807, 2.05) is 4.90 Å². The third-order valence-electron chi connectivity index (χ3n) is 4.83. The lowest BCUT2D eigenvalue weighted by Gasteiger charge is -2.19. The maximum absolute atomic E-state index is 12.3. The SMILES string of the molecule is CCn1c(SCC(=O)N2CCCC2)nnc1-c1ccc(C(C)(C)C)cc1. The molecule has 0 radical (unpaired) electrons. The first-order valence-electron chi connectivity index (χ1n) is 9.35. The van der Waals surface area contributed by atoms with E-state index in [4.69, 9.17) is 0 Å². The fraction of sp³-hybridized carbons (Fsp3) is 0.550. The van der Waals surface area contributed by atoms with Crippen molar-refractivity contribution in [3.63, 3.8) is 0 Å². The summed E-state index contributed by atoms with van der Waals surface area (Å²) < 4.78 is 2.09. The molecule has 1 aliphatic rings. The summed E-state index contributed by atoms with van der Waals surface area (Å²) in [4.78, 5) is 14.2. The molecule has 1 aromatic carbocycles. The van der Waals surface area contributed by atoms with Gasteiger partial charge in [0.05, 0.1) is 5.75 Å². The molecule has 0 saturated carbocycles. The van der Waals surface area contributed by atoms with Gasteiger partial charge in [-0.2, -0.15) is 0 Å². The van der Waals surface area contributed by atoms with Crippen LogP contribution in [-0.4, -0.2) is 44.4 Å². The highest BCUT2D eigenvalue weighted by Crippen LogP contribution is 2.28. The Morgan fingerprint density at radius 3 is 2.35 bits per heavy atom. The summed E-state index contributed by atoms with van der Waals surface area (Å²) in [7, 11) is 0. The number of rotatable bonds is 5. The van der Waals surface area contributed by atoms with E-state index < -0.39 is 0 Å². The monoisotopic (exact) mass is 372 g/mol. The number of hydrogen-bond donors (Lipinski definition) is 0. The number of hydrogen-bond acceptors (Lipinski definition) is 4. The van der Waals surface area contributed by atoms with Crippen molar-refractivity contribution in [2.75, 3.05) is 18.8 Å². The van der Waals surface area contributed by atoms with Crippen LogP contribution in [0.4, 0.5) is 0 Å². The molecule has 1 amide bonds. The van der Waals surface area contributed by atoms with Gasteiger partial charge in [-0.05, 0) is 30.7 Å². The van der Waals surface area contributed by atoms with E-state index in [0.717, 1.165) is 49.0 Å². The molecule has 140 valence electrons. The molecule has 1 aliphatic heterocycles. The second-order valence-corrected chi connectivity index (χ2v) is 8.70. The third-order valence-corrected chi connectivity index (χ3v) is 5.78. The van der Waals surface area contributed by atoms with Crippen molar-refractivity contribution in [2.24, 2.45) is 0 Å². The van der Waals surface area contributed by atoms with Gasteiger partial charge in [-0.1, -0.05) is 56.8 Å². The van der Waals surface area contributed by atoms with Crippen molar-refractivity contribution in [1.29, 1.82) is 0 Å². The molecule has 0 N–H and O–H groups in total. The molecule has 2 heterocycles. The Hall–Kier alpha value is -1.82. The predicted molar refractivity (Wildman–Crippen MR) is 106 cm³/mol. The van der Waals surface area contributed by atoms with Crippen LogP contribution in [0.25, 0.3) is 11.4 Å². The molecule has 1 saturated heterocycles. The minimum Gasteiger partial charge on any atom is -0.342 e. The summed E-state index contributed by atoms with van der Waals surface area (Å²) in [6.45, 7) is 11.3. The van der Waals surface area contributed by atoms with Gasteiger partial charge in [0.1, 0.15) is 0 Å². The van der Waals surface area contributed by atoms with E-state index in [9.17, 15) is 4.79 Å². The lowest BCUT2D eigenvalue weighted by atomic mass is 9.87. The van der Waals surface area contributed by atoms with Crippen LogP contribution in [0.5, 0.6) is 0 Å². The predicted octanol–water partition coefficient (Wildman–Crippen LogP) is 3.98. The lowest BCUT2D eigenvalue weighted by molar-refractivity contribution is -0.127. The lowest BCUT2D eigenvalue weighted by Crippen LogP contribution is -2.29. The number of carbonyl (C=O) groups excluding carboxylic acids is 1. The van der Waals surface area contributed by atoms with Gasteiger partial charge in [-0.3, -0.25) is 4.79 Å². The largest absolute Gasteiger partial charge is 0.342 e. The number of aromatic nitrogens is 3. The third kappa shape index (κ3) is 4.11. The maximum Gasteiger partial charge on any atom is 0.233 e. The average molecular weight is 373 g/mol. The number of carbonyl (C=O) groups is 1. The van der Waals surface area contributed by atoms with Gasteiger partial charge >= 0.3 is 0 Å². The van der Waals surface area contributed by atoms with Gasteiger partial charge in [0, 0.05) is 25.2 Å². The molecule has 1 fully saturated rings. The standard InChI is InChI=1S/C20H28N4OS/c1-5-24-18(15-8-10-16(11-9-15)20(2,3)4)21-22-19(24)26-14-17(25)23-12-6-7-13-23/h8-11H,5-7,12-14H2,1-4H3. The zero-order valence-corrected chi connectivity index (χ0v) is 17.0. The number of thioether (sulfide) groups is 1. The van der Waals surface area contributed by atoms with Crippen LogP contribution in [0.3, 0.4) is 0 Å². The van der Waals surface area contributed by atoms with Crippen LogP contribution in [-0.2, 0) is 16.8 Å². The highest BCUT2D eigenvalue weighted by Gasteiger charge is 2.20. The number of likely N-dealkylation sites (tertiary alicyclic amines) is 1. The van der Waals surface area contributed by atoms with Crippen molar-refractivity contribution >= 4 is 17.7 Å². The summed E-state index contributed by atoms with van der Waals surface area (Å²) in [5, 5.41) is 9.54. The normalized spacial score (nSPS) is 14.8. The molecule has 0 spiro atoms. The van der Waals surface area contributed by atoms with Crippen LogP contribution in [0, 0.1) is 0 Å². The van der Waals surface area contributed by atoms with Gasteiger partial charge in [-0.25, -0.2) is 0 Å². The zero-order valence-electron chi connectivity index (χ0n) is 16.2. The molecule has 0 unspecified atom stereocenters. The highest BCUT2D eigenvalue weighted by atomic mass is 32.2. The molecule has 3 rings (SSSR count). The molecule has 0 atom stereocenters. The van der Waals surface area contributed by atoms with Crippen LogP contribution >= 0.6 is 11.8 Å². The maximum atomic E-state index is 12.3. The molecule has 26 heavy (non-hydrogen) atoms. The first-order chi connectivity index (χ1) is 12.4. The van der Waals surface area contributed by atoms with Gasteiger partial charge in [0.2, 0.25) is 5.91 Å².